The van der Waals surface area contributed by atoms with E-state index in [0.29, 0.717) is 12.5 Å². The molecule has 0 atom stereocenters. The highest BCUT2D eigenvalue weighted by molar-refractivity contribution is 5.76. The van der Waals surface area contributed by atoms with Gasteiger partial charge < -0.3 is 9.30 Å². The lowest BCUT2D eigenvalue weighted by molar-refractivity contribution is 0.293. The highest BCUT2D eigenvalue weighted by Gasteiger charge is 2.22. The second-order valence-corrected chi connectivity index (χ2v) is 7.06. The lowest BCUT2D eigenvalue weighted by atomic mass is 9.88. The Morgan fingerprint density at radius 3 is 2.60 bits per heavy atom. The topological polar surface area (TPSA) is 27.1 Å². The number of benzene rings is 2. The Labute approximate surface area is 149 Å². The van der Waals surface area contributed by atoms with Gasteiger partial charge in [-0.3, -0.25) is 0 Å². The lowest BCUT2D eigenvalue weighted by Gasteiger charge is -2.22. The lowest BCUT2D eigenvalue weighted by Crippen LogP contribution is -2.16. The van der Waals surface area contributed by atoms with Gasteiger partial charge in [0.15, 0.2) is 0 Å². The normalized spacial score (nSPS) is 15.6. The first-order chi connectivity index (χ1) is 12.3. The zero-order valence-electron chi connectivity index (χ0n) is 14.9. The Morgan fingerprint density at radius 2 is 1.76 bits per heavy atom. The highest BCUT2D eigenvalue weighted by Crippen LogP contribution is 2.33. The van der Waals surface area contributed by atoms with Crippen LogP contribution in [-0.4, -0.2) is 16.2 Å². The zero-order chi connectivity index (χ0) is 17.1. The molecule has 0 spiro atoms. The molecule has 130 valence electrons. The Morgan fingerprint density at radius 1 is 1.00 bits per heavy atom. The van der Waals surface area contributed by atoms with Crippen LogP contribution >= 0.6 is 0 Å². The molecule has 0 radical (unpaired) electrons. The Balaban J connectivity index is 1.57. The number of nitrogens with zero attached hydrogens (tertiary/aromatic N) is 2. The molecule has 0 N–H and O–H groups in total. The van der Waals surface area contributed by atoms with E-state index in [1.165, 1.54) is 49.0 Å². The molecular formula is C22H26N2O. The minimum Gasteiger partial charge on any atom is -0.491 e. The van der Waals surface area contributed by atoms with Gasteiger partial charge in [-0.05, 0) is 43.5 Å². The summed E-state index contributed by atoms with van der Waals surface area (Å²) in [6.07, 6.45) is 6.55. The zero-order valence-corrected chi connectivity index (χ0v) is 14.9. The van der Waals surface area contributed by atoms with Crippen LogP contribution in [0.25, 0.3) is 11.0 Å². The van der Waals surface area contributed by atoms with Gasteiger partial charge in [0.25, 0.3) is 0 Å². The van der Waals surface area contributed by atoms with Crippen LogP contribution < -0.4 is 4.74 Å². The quantitative estimate of drug-likeness (QED) is 0.618. The smallest absolute Gasteiger partial charge is 0.122 e. The van der Waals surface area contributed by atoms with Gasteiger partial charge in [-0.1, -0.05) is 49.6 Å². The minimum atomic E-state index is 0.597. The summed E-state index contributed by atoms with van der Waals surface area (Å²) in [6, 6.07) is 16.7. The number of para-hydroxylation sites is 3. The van der Waals surface area contributed by atoms with E-state index in [2.05, 4.69) is 41.8 Å². The van der Waals surface area contributed by atoms with Crippen molar-refractivity contribution in [2.24, 2.45) is 0 Å². The van der Waals surface area contributed by atoms with E-state index < -0.39 is 0 Å². The van der Waals surface area contributed by atoms with Crippen LogP contribution in [0, 0.1) is 6.92 Å². The average Bonchev–Trinajstić information content (AvgIpc) is 3.03. The minimum absolute atomic E-state index is 0.597. The van der Waals surface area contributed by atoms with E-state index in [9.17, 15) is 0 Å². The third-order valence-electron chi connectivity index (χ3n) is 5.32. The van der Waals surface area contributed by atoms with Crippen molar-refractivity contribution in [3.8, 4) is 5.75 Å². The Bertz CT molecular complexity index is 846. The fraction of sp³-hybridized carbons (Fsp3) is 0.409. The van der Waals surface area contributed by atoms with Crippen molar-refractivity contribution >= 4 is 11.0 Å². The SMILES string of the molecule is Cc1ccccc1OCCn1c(C2CCCCC2)nc2ccccc21. The van der Waals surface area contributed by atoms with Gasteiger partial charge in [-0.2, -0.15) is 0 Å². The van der Waals surface area contributed by atoms with Gasteiger partial charge in [0.1, 0.15) is 18.2 Å². The van der Waals surface area contributed by atoms with Gasteiger partial charge in [-0.25, -0.2) is 4.98 Å². The maximum Gasteiger partial charge on any atom is 0.122 e. The summed E-state index contributed by atoms with van der Waals surface area (Å²) in [5.41, 5.74) is 3.53. The van der Waals surface area contributed by atoms with Crippen LogP contribution in [0.15, 0.2) is 48.5 Å². The molecule has 1 saturated carbocycles. The molecule has 1 aliphatic carbocycles. The molecule has 4 rings (SSSR count). The van der Waals surface area contributed by atoms with Crippen molar-refractivity contribution < 1.29 is 4.74 Å². The molecular weight excluding hydrogens is 308 g/mol. The molecule has 2 aromatic carbocycles. The average molecular weight is 334 g/mol. The van der Waals surface area contributed by atoms with Crippen LogP contribution in [0.2, 0.25) is 0 Å². The predicted octanol–water partition coefficient (Wildman–Crippen LogP) is 5.47. The van der Waals surface area contributed by atoms with E-state index >= 15 is 0 Å². The molecule has 3 heteroatoms. The summed E-state index contributed by atoms with van der Waals surface area (Å²) in [5.74, 6) is 2.83. The van der Waals surface area contributed by atoms with Crippen molar-refractivity contribution in [3.63, 3.8) is 0 Å². The first-order valence-corrected chi connectivity index (χ1v) is 9.46. The number of rotatable bonds is 5. The molecule has 0 unspecified atom stereocenters. The van der Waals surface area contributed by atoms with Crippen LogP contribution in [0.3, 0.4) is 0 Å². The van der Waals surface area contributed by atoms with Crippen molar-refractivity contribution in [3.05, 3.63) is 59.9 Å². The summed E-state index contributed by atoms with van der Waals surface area (Å²) in [6.45, 7) is 3.61. The molecule has 0 saturated heterocycles. The molecule has 1 fully saturated rings. The number of fused-ring (bicyclic) bond motifs is 1. The molecule has 0 aliphatic heterocycles. The fourth-order valence-corrected chi connectivity index (χ4v) is 3.97. The van der Waals surface area contributed by atoms with Gasteiger partial charge in [0.2, 0.25) is 0 Å². The van der Waals surface area contributed by atoms with Crippen LogP contribution in [0.1, 0.15) is 49.4 Å². The van der Waals surface area contributed by atoms with Crippen molar-refractivity contribution in [2.45, 2.75) is 51.5 Å². The maximum absolute atomic E-state index is 6.05. The molecule has 0 bridgehead atoms. The van der Waals surface area contributed by atoms with Crippen LogP contribution in [0.5, 0.6) is 5.75 Å². The molecule has 3 aromatic rings. The largest absolute Gasteiger partial charge is 0.491 e. The van der Waals surface area contributed by atoms with Crippen molar-refractivity contribution in [1.82, 2.24) is 9.55 Å². The number of ether oxygens (including phenoxy) is 1. The van der Waals surface area contributed by atoms with Crippen LogP contribution in [0.4, 0.5) is 0 Å². The highest BCUT2D eigenvalue weighted by atomic mass is 16.5. The number of hydrogen-bond donors (Lipinski definition) is 0. The number of aromatic nitrogens is 2. The Hall–Kier alpha value is -2.29. The summed E-state index contributed by atoms with van der Waals surface area (Å²) < 4.78 is 8.45. The first kappa shape index (κ1) is 16.2. The van der Waals surface area contributed by atoms with Crippen molar-refractivity contribution in [2.75, 3.05) is 6.61 Å². The molecule has 25 heavy (non-hydrogen) atoms. The number of aryl methyl sites for hydroxylation is 1. The van der Waals surface area contributed by atoms with Gasteiger partial charge >= 0.3 is 0 Å². The van der Waals surface area contributed by atoms with E-state index in [1.54, 1.807) is 0 Å². The van der Waals surface area contributed by atoms with Gasteiger partial charge in [0.05, 0.1) is 17.6 Å². The number of hydrogen-bond acceptors (Lipinski definition) is 2. The van der Waals surface area contributed by atoms with E-state index in [-0.39, 0.29) is 0 Å². The third kappa shape index (κ3) is 3.41. The molecule has 1 aliphatic rings. The second kappa shape index (κ2) is 7.30. The number of imidazole rings is 1. The summed E-state index contributed by atoms with van der Waals surface area (Å²) in [7, 11) is 0. The molecule has 1 heterocycles. The molecule has 0 amide bonds. The van der Waals surface area contributed by atoms with Crippen LogP contribution in [-0.2, 0) is 6.54 Å². The fourth-order valence-electron chi connectivity index (χ4n) is 3.97. The standard InChI is InChI=1S/C22H26N2O/c1-17-9-5-8-14-21(17)25-16-15-24-20-13-7-6-12-19(20)23-22(24)18-10-3-2-4-11-18/h5-9,12-14,18H,2-4,10-11,15-16H2,1H3. The second-order valence-electron chi connectivity index (χ2n) is 7.06. The van der Waals surface area contributed by atoms with Gasteiger partial charge in [-0.15, -0.1) is 0 Å². The maximum atomic E-state index is 6.05. The van der Waals surface area contributed by atoms with Crippen molar-refractivity contribution in [1.29, 1.82) is 0 Å². The van der Waals surface area contributed by atoms with E-state index in [1.807, 2.05) is 18.2 Å². The van der Waals surface area contributed by atoms with E-state index in [4.69, 9.17) is 9.72 Å². The van der Waals surface area contributed by atoms with E-state index in [0.717, 1.165) is 17.8 Å². The molecule has 1 aromatic heterocycles. The molecule has 3 nitrogen and oxygen atoms in total. The predicted molar refractivity (Wildman–Crippen MR) is 102 cm³/mol. The first-order valence-electron chi connectivity index (χ1n) is 9.46. The van der Waals surface area contributed by atoms with Gasteiger partial charge in [0, 0.05) is 5.92 Å². The summed E-state index contributed by atoms with van der Waals surface area (Å²) in [4.78, 5) is 4.99. The monoisotopic (exact) mass is 334 g/mol. The Kier molecular flexibility index (Phi) is 4.73. The third-order valence-corrected chi connectivity index (χ3v) is 5.32. The summed E-state index contributed by atoms with van der Waals surface area (Å²) >= 11 is 0. The summed E-state index contributed by atoms with van der Waals surface area (Å²) in [5, 5.41) is 0.